The van der Waals surface area contributed by atoms with Gasteiger partial charge in [0.25, 0.3) is 5.91 Å². The molecule has 0 N–H and O–H groups in total. The van der Waals surface area contributed by atoms with Crippen LogP contribution in [0, 0.1) is 5.82 Å². The van der Waals surface area contributed by atoms with Crippen LogP contribution in [-0.4, -0.2) is 37.2 Å². The Morgan fingerprint density at radius 1 is 1.24 bits per heavy atom. The molecular formula is C23H24FNO3S. The molecule has 29 heavy (non-hydrogen) atoms. The first kappa shape index (κ1) is 20.0. The van der Waals surface area contributed by atoms with Crippen molar-refractivity contribution in [3.8, 4) is 0 Å². The zero-order valence-electron chi connectivity index (χ0n) is 16.4. The summed E-state index contributed by atoms with van der Waals surface area (Å²) >= 11 is 1.33. The summed E-state index contributed by atoms with van der Waals surface area (Å²) in [6, 6.07) is 14.9. The molecule has 1 fully saturated rings. The summed E-state index contributed by atoms with van der Waals surface area (Å²) in [5.41, 5.74) is 1.68. The highest BCUT2D eigenvalue weighted by Gasteiger charge is 2.28. The number of methoxy groups -OCH3 is 1. The van der Waals surface area contributed by atoms with Crippen molar-refractivity contribution in [2.45, 2.75) is 32.1 Å². The maximum absolute atomic E-state index is 14.5. The topological polar surface area (TPSA) is 38.8 Å². The molecular weight excluding hydrogens is 389 g/mol. The van der Waals surface area contributed by atoms with E-state index < -0.39 is 0 Å². The number of ether oxygens (including phenoxy) is 2. The summed E-state index contributed by atoms with van der Waals surface area (Å²) in [6.07, 6.45) is 2.01. The second-order valence-corrected chi connectivity index (χ2v) is 8.31. The number of carbonyl (C=O) groups excluding carboxylic acids is 1. The molecule has 4 nitrogen and oxygen atoms in total. The predicted molar refractivity (Wildman–Crippen MR) is 113 cm³/mol. The van der Waals surface area contributed by atoms with Crippen LogP contribution in [-0.2, 0) is 22.6 Å². The van der Waals surface area contributed by atoms with Gasteiger partial charge in [0.05, 0.1) is 17.6 Å². The lowest BCUT2D eigenvalue weighted by molar-refractivity contribution is 0.0508. The van der Waals surface area contributed by atoms with Gasteiger partial charge in [0, 0.05) is 42.5 Å². The molecule has 1 atom stereocenters. The van der Waals surface area contributed by atoms with Crippen molar-refractivity contribution in [3.63, 3.8) is 0 Å². The fraction of sp³-hybridized carbons (Fsp3) is 0.348. The second kappa shape index (κ2) is 9.03. The minimum Gasteiger partial charge on any atom is -0.380 e. The third-order valence-corrected chi connectivity index (χ3v) is 6.38. The molecule has 1 aliphatic heterocycles. The van der Waals surface area contributed by atoms with Gasteiger partial charge in [0.2, 0.25) is 0 Å². The van der Waals surface area contributed by atoms with Crippen LogP contribution in [0.2, 0.25) is 0 Å². The molecule has 1 unspecified atom stereocenters. The van der Waals surface area contributed by atoms with Crippen LogP contribution in [0.15, 0.2) is 48.5 Å². The smallest absolute Gasteiger partial charge is 0.264 e. The average molecular weight is 414 g/mol. The Kier molecular flexibility index (Phi) is 6.23. The normalized spacial score (nSPS) is 16.4. The Morgan fingerprint density at radius 2 is 2.07 bits per heavy atom. The summed E-state index contributed by atoms with van der Waals surface area (Å²) < 4.78 is 26.4. The first-order valence-electron chi connectivity index (χ1n) is 9.81. The molecule has 1 amide bonds. The molecule has 2 heterocycles. The number of thiophene rings is 1. The number of halogens is 1. The molecule has 4 rings (SSSR count). The van der Waals surface area contributed by atoms with Crippen LogP contribution in [0.5, 0.6) is 0 Å². The van der Waals surface area contributed by atoms with Gasteiger partial charge in [0.1, 0.15) is 5.82 Å². The van der Waals surface area contributed by atoms with Crippen LogP contribution in [0.4, 0.5) is 4.39 Å². The summed E-state index contributed by atoms with van der Waals surface area (Å²) in [7, 11) is 1.56. The van der Waals surface area contributed by atoms with E-state index in [4.69, 9.17) is 9.47 Å². The summed E-state index contributed by atoms with van der Waals surface area (Å²) in [4.78, 5) is 16.0. The SMILES string of the molecule is COCc1c(C(=O)N(Cc2ccccc2)CC2CCCO2)sc2cccc(F)c12. The molecule has 0 spiro atoms. The largest absolute Gasteiger partial charge is 0.380 e. The lowest BCUT2D eigenvalue weighted by atomic mass is 10.1. The van der Waals surface area contributed by atoms with Crippen molar-refractivity contribution in [1.82, 2.24) is 4.90 Å². The van der Waals surface area contributed by atoms with Gasteiger partial charge < -0.3 is 14.4 Å². The summed E-state index contributed by atoms with van der Waals surface area (Å²) in [5.74, 6) is -0.421. The molecule has 2 aromatic carbocycles. The van der Waals surface area contributed by atoms with Crippen molar-refractivity contribution in [2.24, 2.45) is 0 Å². The van der Waals surface area contributed by atoms with Gasteiger partial charge in [-0.15, -0.1) is 11.3 Å². The summed E-state index contributed by atoms with van der Waals surface area (Å²) in [5, 5.41) is 0.486. The van der Waals surface area contributed by atoms with Crippen LogP contribution in [0.3, 0.4) is 0 Å². The Labute approximate surface area is 173 Å². The monoisotopic (exact) mass is 413 g/mol. The molecule has 6 heteroatoms. The molecule has 1 saturated heterocycles. The Balaban J connectivity index is 1.71. The van der Waals surface area contributed by atoms with Gasteiger partial charge in [0.15, 0.2) is 0 Å². The van der Waals surface area contributed by atoms with Crippen molar-refractivity contribution in [1.29, 1.82) is 0 Å². The van der Waals surface area contributed by atoms with Gasteiger partial charge in [-0.3, -0.25) is 4.79 Å². The number of amides is 1. The van der Waals surface area contributed by atoms with E-state index >= 15 is 0 Å². The Morgan fingerprint density at radius 3 is 2.79 bits per heavy atom. The first-order chi connectivity index (χ1) is 14.2. The maximum Gasteiger partial charge on any atom is 0.264 e. The minimum atomic E-state index is -0.321. The number of fused-ring (bicyclic) bond motifs is 1. The Hall–Kier alpha value is -2.28. The lowest BCUT2D eigenvalue weighted by Gasteiger charge is -2.25. The molecule has 1 aromatic heterocycles. The molecule has 0 aliphatic carbocycles. The van der Waals surface area contributed by atoms with Crippen molar-refractivity contribution in [2.75, 3.05) is 20.3 Å². The highest BCUT2D eigenvalue weighted by molar-refractivity contribution is 7.21. The zero-order chi connectivity index (χ0) is 20.2. The van der Waals surface area contributed by atoms with E-state index in [1.807, 2.05) is 41.3 Å². The predicted octanol–water partition coefficient (Wildman–Crippen LogP) is 5.01. The van der Waals surface area contributed by atoms with Crippen molar-refractivity contribution in [3.05, 3.63) is 70.4 Å². The first-order valence-corrected chi connectivity index (χ1v) is 10.6. The number of rotatable bonds is 7. The van der Waals surface area contributed by atoms with E-state index in [2.05, 4.69) is 0 Å². The summed E-state index contributed by atoms with van der Waals surface area (Å²) in [6.45, 7) is 1.95. The molecule has 0 radical (unpaired) electrons. The van der Waals surface area contributed by atoms with Crippen LogP contribution < -0.4 is 0 Å². The lowest BCUT2D eigenvalue weighted by Crippen LogP contribution is -2.37. The Bertz CT molecular complexity index is 982. The maximum atomic E-state index is 14.5. The molecule has 152 valence electrons. The van der Waals surface area contributed by atoms with Crippen LogP contribution in [0.25, 0.3) is 10.1 Å². The van der Waals surface area contributed by atoms with Gasteiger partial charge in [-0.05, 0) is 30.5 Å². The van der Waals surface area contributed by atoms with Gasteiger partial charge in [-0.2, -0.15) is 0 Å². The minimum absolute atomic E-state index is 0.0413. The third-order valence-electron chi connectivity index (χ3n) is 5.20. The highest BCUT2D eigenvalue weighted by Crippen LogP contribution is 2.35. The van der Waals surface area contributed by atoms with Crippen LogP contribution in [0.1, 0.15) is 33.6 Å². The van der Waals surface area contributed by atoms with E-state index in [9.17, 15) is 9.18 Å². The van der Waals surface area contributed by atoms with E-state index in [-0.39, 0.29) is 24.4 Å². The van der Waals surface area contributed by atoms with Gasteiger partial charge >= 0.3 is 0 Å². The molecule has 0 saturated carbocycles. The molecule has 1 aliphatic rings. The number of carbonyl (C=O) groups is 1. The standard InChI is InChI=1S/C23H24FNO3S/c1-27-15-18-21-19(24)10-5-11-20(21)29-22(18)23(26)25(14-17-9-6-12-28-17)13-16-7-3-2-4-8-16/h2-5,7-8,10-11,17H,6,9,12-15H2,1H3. The van der Waals surface area contributed by atoms with Crippen molar-refractivity contribution < 1.29 is 18.7 Å². The highest BCUT2D eigenvalue weighted by atomic mass is 32.1. The number of hydrogen-bond donors (Lipinski definition) is 0. The fourth-order valence-corrected chi connectivity index (χ4v) is 5.01. The molecule has 0 bridgehead atoms. The van der Waals surface area contributed by atoms with E-state index in [0.717, 1.165) is 29.7 Å². The fourth-order valence-electron chi connectivity index (χ4n) is 3.82. The van der Waals surface area contributed by atoms with Crippen molar-refractivity contribution >= 4 is 27.3 Å². The molecule has 3 aromatic rings. The van der Waals surface area contributed by atoms with Gasteiger partial charge in [-0.1, -0.05) is 36.4 Å². The zero-order valence-corrected chi connectivity index (χ0v) is 17.2. The van der Waals surface area contributed by atoms with E-state index in [1.54, 1.807) is 13.2 Å². The quantitative estimate of drug-likeness (QED) is 0.547. The van der Waals surface area contributed by atoms with Crippen LogP contribution >= 0.6 is 11.3 Å². The number of benzene rings is 2. The average Bonchev–Trinajstić information content (AvgIpc) is 3.37. The van der Waals surface area contributed by atoms with E-state index in [0.29, 0.717) is 28.9 Å². The third kappa shape index (κ3) is 4.34. The number of hydrogen-bond acceptors (Lipinski definition) is 4. The van der Waals surface area contributed by atoms with Gasteiger partial charge in [-0.25, -0.2) is 4.39 Å². The van der Waals surface area contributed by atoms with E-state index in [1.165, 1.54) is 17.4 Å². The second-order valence-electron chi connectivity index (χ2n) is 7.26. The number of nitrogens with zero attached hydrogens (tertiary/aromatic N) is 1.